The quantitative estimate of drug-likeness (QED) is 0.726. The summed E-state index contributed by atoms with van der Waals surface area (Å²) in [6, 6.07) is 4.43. The standard InChI is InChI=1S/C17H25N3O5S.ClH/c1-24-16-5-4-14(26(22,23)20-7-9-25-10-8-20)11-15(16)17(21)19-13-3-2-6-18-12-13;/h4-5,11,13,18H,2-3,6-10,12H2,1H3,(H,19,21);1H/t13-;/m0./s1. The maximum atomic E-state index is 12.8. The lowest BCUT2D eigenvalue weighted by atomic mass is 10.1. The lowest BCUT2D eigenvalue weighted by Crippen LogP contribution is -2.45. The van der Waals surface area contributed by atoms with Crippen LogP contribution >= 0.6 is 12.4 Å². The van der Waals surface area contributed by atoms with E-state index in [0.717, 1.165) is 19.4 Å². The van der Waals surface area contributed by atoms with Crippen molar-refractivity contribution in [2.45, 2.75) is 23.8 Å². The average molecular weight is 420 g/mol. The van der Waals surface area contributed by atoms with Crippen LogP contribution in [0.3, 0.4) is 0 Å². The molecule has 1 atom stereocenters. The molecule has 2 saturated heterocycles. The van der Waals surface area contributed by atoms with E-state index in [1.54, 1.807) is 0 Å². The zero-order chi connectivity index (χ0) is 18.6. The Labute approximate surface area is 166 Å². The number of rotatable bonds is 5. The molecule has 2 aliphatic rings. The maximum absolute atomic E-state index is 12.8. The van der Waals surface area contributed by atoms with Crippen molar-refractivity contribution in [2.75, 3.05) is 46.5 Å². The number of hydrogen-bond acceptors (Lipinski definition) is 6. The van der Waals surface area contributed by atoms with Gasteiger partial charge >= 0.3 is 0 Å². The SMILES string of the molecule is COc1ccc(S(=O)(=O)N2CCOCC2)cc1C(=O)N[C@H]1CCCNC1.Cl. The fraction of sp³-hybridized carbons (Fsp3) is 0.588. The van der Waals surface area contributed by atoms with Gasteiger partial charge in [0.2, 0.25) is 10.0 Å². The molecule has 0 aromatic heterocycles. The highest BCUT2D eigenvalue weighted by atomic mass is 35.5. The Bertz CT molecular complexity index is 747. The van der Waals surface area contributed by atoms with Crippen LogP contribution < -0.4 is 15.4 Å². The Hall–Kier alpha value is -1.39. The summed E-state index contributed by atoms with van der Waals surface area (Å²) in [5, 5.41) is 6.20. The van der Waals surface area contributed by atoms with E-state index in [1.807, 2.05) is 0 Å². The van der Waals surface area contributed by atoms with Crippen LogP contribution in [0.25, 0.3) is 0 Å². The predicted molar refractivity (Wildman–Crippen MR) is 103 cm³/mol. The van der Waals surface area contributed by atoms with Crippen molar-refractivity contribution in [3.8, 4) is 5.75 Å². The highest BCUT2D eigenvalue weighted by Crippen LogP contribution is 2.25. The van der Waals surface area contributed by atoms with Gasteiger partial charge in [-0.05, 0) is 37.6 Å². The molecule has 0 radical (unpaired) electrons. The maximum Gasteiger partial charge on any atom is 0.255 e. The number of carbonyl (C=O) groups excluding carboxylic acids is 1. The van der Waals surface area contributed by atoms with Crippen LogP contribution in [0.2, 0.25) is 0 Å². The number of methoxy groups -OCH3 is 1. The normalized spacial score (nSPS) is 21.1. The van der Waals surface area contributed by atoms with Crippen molar-refractivity contribution in [1.29, 1.82) is 0 Å². The summed E-state index contributed by atoms with van der Waals surface area (Å²) in [6.45, 7) is 3.02. The van der Waals surface area contributed by atoms with E-state index >= 15 is 0 Å². The number of halogens is 1. The lowest BCUT2D eigenvalue weighted by molar-refractivity contribution is 0.0730. The Kier molecular flexibility index (Phi) is 7.87. The summed E-state index contributed by atoms with van der Waals surface area (Å²) >= 11 is 0. The first-order chi connectivity index (χ1) is 12.5. The lowest BCUT2D eigenvalue weighted by Gasteiger charge is -2.26. The van der Waals surface area contributed by atoms with E-state index < -0.39 is 10.0 Å². The summed E-state index contributed by atoms with van der Waals surface area (Å²) in [7, 11) is -2.21. The number of sulfonamides is 1. The third kappa shape index (κ3) is 5.11. The van der Waals surface area contributed by atoms with Crippen molar-refractivity contribution >= 4 is 28.3 Å². The number of carbonyl (C=O) groups is 1. The summed E-state index contributed by atoms with van der Waals surface area (Å²) in [5.41, 5.74) is 0.229. The van der Waals surface area contributed by atoms with Crippen LogP contribution in [-0.4, -0.2) is 71.2 Å². The van der Waals surface area contributed by atoms with Gasteiger partial charge in [-0.3, -0.25) is 4.79 Å². The van der Waals surface area contributed by atoms with Crippen molar-refractivity contribution < 1.29 is 22.7 Å². The number of nitrogens with zero attached hydrogens (tertiary/aromatic N) is 1. The van der Waals surface area contributed by atoms with Gasteiger partial charge in [-0.1, -0.05) is 0 Å². The molecule has 2 fully saturated rings. The number of nitrogens with one attached hydrogen (secondary N) is 2. The van der Waals surface area contributed by atoms with Crippen LogP contribution in [0.1, 0.15) is 23.2 Å². The molecule has 0 spiro atoms. The molecule has 1 aromatic rings. The Morgan fingerprint density at radius 2 is 2.07 bits per heavy atom. The van der Waals surface area contributed by atoms with Gasteiger partial charge in [0.15, 0.2) is 0 Å². The monoisotopic (exact) mass is 419 g/mol. The average Bonchev–Trinajstić information content (AvgIpc) is 2.69. The van der Waals surface area contributed by atoms with E-state index in [1.165, 1.54) is 29.6 Å². The van der Waals surface area contributed by atoms with Gasteiger partial charge in [0, 0.05) is 25.7 Å². The molecular weight excluding hydrogens is 394 g/mol. The molecule has 152 valence electrons. The Morgan fingerprint density at radius 1 is 1.33 bits per heavy atom. The molecule has 0 unspecified atom stereocenters. The number of morpholine rings is 1. The van der Waals surface area contributed by atoms with Crippen LogP contribution in [0.5, 0.6) is 5.75 Å². The first kappa shape index (κ1) is 21.9. The van der Waals surface area contributed by atoms with Crippen LogP contribution in [0, 0.1) is 0 Å². The first-order valence-corrected chi connectivity index (χ1v) is 10.2. The van der Waals surface area contributed by atoms with Crippen LogP contribution in [0.4, 0.5) is 0 Å². The van der Waals surface area contributed by atoms with Crippen molar-refractivity contribution in [3.63, 3.8) is 0 Å². The molecule has 1 aromatic carbocycles. The number of piperidine rings is 1. The minimum absolute atomic E-state index is 0. The molecular formula is C17H26ClN3O5S. The fourth-order valence-corrected chi connectivity index (χ4v) is 4.63. The molecule has 8 nitrogen and oxygen atoms in total. The van der Waals surface area contributed by atoms with Gasteiger partial charge in [0.05, 0.1) is 30.8 Å². The first-order valence-electron chi connectivity index (χ1n) is 8.80. The highest BCUT2D eigenvalue weighted by Gasteiger charge is 2.28. The van der Waals surface area contributed by atoms with E-state index in [2.05, 4.69) is 10.6 Å². The number of ether oxygens (including phenoxy) is 2. The van der Waals surface area contributed by atoms with Gasteiger partial charge in [-0.15, -0.1) is 12.4 Å². The van der Waals surface area contributed by atoms with E-state index in [9.17, 15) is 13.2 Å². The minimum Gasteiger partial charge on any atom is -0.496 e. The Balaban J connectivity index is 0.00000261. The van der Waals surface area contributed by atoms with Gasteiger partial charge in [-0.2, -0.15) is 4.31 Å². The molecule has 0 aliphatic carbocycles. The van der Waals surface area contributed by atoms with Crippen molar-refractivity contribution in [3.05, 3.63) is 23.8 Å². The molecule has 0 saturated carbocycles. The molecule has 10 heteroatoms. The largest absolute Gasteiger partial charge is 0.496 e. The summed E-state index contributed by atoms with van der Waals surface area (Å²) in [5.74, 6) is 0.0294. The second-order valence-electron chi connectivity index (χ2n) is 6.40. The molecule has 27 heavy (non-hydrogen) atoms. The predicted octanol–water partition coefficient (Wildman–Crippen LogP) is 0.620. The van der Waals surface area contributed by atoms with Gasteiger partial charge in [0.25, 0.3) is 5.91 Å². The summed E-state index contributed by atoms with van der Waals surface area (Å²) < 4.78 is 37.5. The number of hydrogen-bond donors (Lipinski definition) is 2. The van der Waals surface area contributed by atoms with E-state index in [4.69, 9.17) is 9.47 Å². The molecule has 3 rings (SSSR count). The third-order valence-electron chi connectivity index (χ3n) is 4.66. The molecule has 2 heterocycles. The van der Waals surface area contributed by atoms with E-state index in [0.29, 0.717) is 38.6 Å². The zero-order valence-corrected chi connectivity index (χ0v) is 16.9. The van der Waals surface area contributed by atoms with Gasteiger partial charge in [-0.25, -0.2) is 8.42 Å². The van der Waals surface area contributed by atoms with Crippen molar-refractivity contribution in [1.82, 2.24) is 14.9 Å². The number of benzene rings is 1. The topological polar surface area (TPSA) is 97.0 Å². The highest BCUT2D eigenvalue weighted by molar-refractivity contribution is 7.89. The van der Waals surface area contributed by atoms with Crippen molar-refractivity contribution in [2.24, 2.45) is 0 Å². The second-order valence-corrected chi connectivity index (χ2v) is 8.33. The molecule has 1 amide bonds. The summed E-state index contributed by atoms with van der Waals surface area (Å²) in [6.07, 6.45) is 1.89. The Morgan fingerprint density at radius 3 is 2.70 bits per heavy atom. The molecule has 2 aliphatic heterocycles. The second kappa shape index (κ2) is 9.70. The molecule has 2 N–H and O–H groups in total. The van der Waals surface area contributed by atoms with E-state index in [-0.39, 0.29) is 34.8 Å². The number of amides is 1. The zero-order valence-electron chi connectivity index (χ0n) is 15.3. The van der Waals surface area contributed by atoms with Crippen LogP contribution in [0.15, 0.2) is 23.1 Å². The fourth-order valence-electron chi connectivity index (χ4n) is 3.20. The molecule has 0 bridgehead atoms. The van der Waals surface area contributed by atoms with Gasteiger partial charge < -0.3 is 20.1 Å². The minimum atomic E-state index is -3.67. The summed E-state index contributed by atoms with van der Waals surface area (Å²) in [4.78, 5) is 12.8. The van der Waals surface area contributed by atoms with Crippen LogP contribution in [-0.2, 0) is 14.8 Å². The smallest absolute Gasteiger partial charge is 0.255 e. The van der Waals surface area contributed by atoms with Gasteiger partial charge in [0.1, 0.15) is 5.75 Å². The third-order valence-corrected chi connectivity index (χ3v) is 6.55.